The highest BCUT2D eigenvalue weighted by atomic mass is 32.2. The SMILES string of the molecule is CC(C)(C)OC(=O)n1cc(NC(=O)N2CCC(C(C)(F)S(=O)(=O)c3cccc(F)c3)CC2)cn1. The first kappa shape index (κ1) is 25.6. The highest BCUT2D eigenvalue weighted by molar-refractivity contribution is 7.92. The van der Waals surface area contributed by atoms with Gasteiger partial charge >= 0.3 is 12.1 Å². The van der Waals surface area contributed by atoms with Crippen LogP contribution in [-0.4, -0.2) is 58.9 Å². The summed E-state index contributed by atoms with van der Waals surface area (Å²) in [6, 6.07) is 3.78. The number of halogens is 2. The van der Waals surface area contributed by atoms with E-state index in [1.165, 1.54) is 23.4 Å². The summed E-state index contributed by atoms with van der Waals surface area (Å²) in [6.07, 6.45) is 2.11. The number of amides is 2. The molecule has 1 unspecified atom stereocenters. The van der Waals surface area contributed by atoms with Crippen molar-refractivity contribution in [3.05, 3.63) is 42.5 Å². The number of alkyl halides is 1. The van der Waals surface area contributed by atoms with Gasteiger partial charge in [-0.2, -0.15) is 9.78 Å². The lowest BCUT2D eigenvalue weighted by Crippen LogP contribution is -2.47. The lowest BCUT2D eigenvalue weighted by Gasteiger charge is -2.37. The first-order valence-corrected chi connectivity index (χ1v) is 12.2. The van der Waals surface area contributed by atoms with Crippen molar-refractivity contribution in [2.75, 3.05) is 18.4 Å². The lowest BCUT2D eigenvalue weighted by molar-refractivity contribution is 0.0514. The first-order chi connectivity index (χ1) is 15.7. The Kier molecular flexibility index (Phi) is 7.02. The molecule has 0 aliphatic carbocycles. The number of carbonyl (C=O) groups is 2. The van der Waals surface area contributed by atoms with E-state index in [0.29, 0.717) is 0 Å². The molecule has 34 heavy (non-hydrogen) atoms. The van der Waals surface area contributed by atoms with E-state index in [2.05, 4.69) is 10.4 Å². The van der Waals surface area contributed by atoms with Gasteiger partial charge in [-0.3, -0.25) is 0 Å². The van der Waals surface area contributed by atoms with Crippen LogP contribution in [0.2, 0.25) is 0 Å². The van der Waals surface area contributed by atoms with Crippen molar-refractivity contribution in [2.24, 2.45) is 5.92 Å². The first-order valence-electron chi connectivity index (χ1n) is 10.7. The minimum atomic E-state index is -4.45. The second-order valence-corrected chi connectivity index (χ2v) is 11.6. The molecule has 1 aromatic heterocycles. The van der Waals surface area contributed by atoms with Crippen molar-refractivity contribution in [3.8, 4) is 0 Å². The van der Waals surface area contributed by atoms with Crippen LogP contribution in [0, 0.1) is 11.7 Å². The number of nitrogens with zero attached hydrogens (tertiary/aromatic N) is 3. The second-order valence-electron chi connectivity index (χ2n) is 9.29. The number of benzene rings is 1. The number of urea groups is 1. The number of piperidine rings is 1. The van der Waals surface area contributed by atoms with Gasteiger partial charge in [-0.25, -0.2) is 26.8 Å². The van der Waals surface area contributed by atoms with Gasteiger partial charge in [0.1, 0.15) is 11.4 Å². The Morgan fingerprint density at radius 2 is 1.82 bits per heavy atom. The lowest BCUT2D eigenvalue weighted by atomic mass is 9.92. The molecule has 2 amide bonds. The third kappa shape index (κ3) is 5.54. The Hall–Kier alpha value is -3.02. The van der Waals surface area contributed by atoms with Gasteiger partial charge in [0.2, 0.25) is 14.8 Å². The zero-order chi connectivity index (χ0) is 25.3. The second kappa shape index (κ2) is 9.32. The number of anilines is 1. The number of nitrogens with one attached hydrogen (secondary N) is 1. The van der Waals surface area contributed by atoms with E-state index < -0.39 is 49.2 Å². The fourth-order valence-electron chi connectivity index (χ4n) is 3.68. The van der Waals surface area contributed by atoms with Gasteiger partial charge in [-0.05, 0) is 58.7 Å². The van der Waals surface area contributed by atoms with Crippen molar-refractivity contribution in [1.82, 2.24) is 14.7 Å². The molecule has 1 N–H and O–H groups in total. The summed E-state index contributed by atoms with van der Waals surface area (Å²) in [5.74, 6) is -1.64. The molecule has 1 saturated heterocycles. The molecule has 0 radical (unpaired) electrons. The van der Waals surface area contributed by atoms with E-state index in [1.807, 2.05) is 0 Å². The Morgan fingerprint density at radius 1 is 1.18 bits per heavy atom. The molecule has 12 heteroatoms. The normalized spacial score (nSPS) is 17.2. The van der Waals surface area contributed by atoms with Crippen LogP contribution in [0.4, 0.5) is 24.1 Å². The number of likely N-dealkylation sites (tertiary alicyclic amines) is 1. The van der Waals surface area contributed by atoms with Crippen LogP contribution in [0.25, 0.3) is 0 Å². The van der Waals surface area contributed by atoms with Crippen molar-refractivity contribution in [2.45, 2.75) is 56.0 Å². The van der Waals surface area contributed by atoms with Gasteiger partial charge in [0, 0.05) is 19.0 Å². The van der Waals surface area contributed by atoms with Gasteiger partial charge in [-0.15, -0.1) is 0 Å². The minimum Gasteiger partial charge on any atom is -0.442 e. The van der Waals surface area contributed by atoms with Crippen LogP contribution in [0.15, 0.2) is 41.6 Å². The van der Waals surface area contributed by atoms with Crippen LogP contribution in [0.3, 0.4) is 0 Å². The predicted molar refractivity (Wildman–Crippen MR) is 120 cm³/mol. The Morgan fingerprint density at radius 3 is 2.41 bits per heavy atom. The average Bonchev–Trinajstić information content (AvgIpc) is 3.21. The van der Waals surface area contributed by atoms with Crippen LogP contribution >= 0.6 is 0 Å². The molecule has 1 aromatic carbocycles. The largest absolute Gasteiger partial charge is 0.442 e. The molecule has 1 atom stereocenters. The summed E-state index contributed by atoms with van der Waals surface area (Å²) in [4.78, 5) is 25.6. The molecule has 0 bridgehead atoms. The predicted octanol–water partition coefficient (Wildman–Crippen LogP) is 4.21. The zero-order valence-corrected chi connectivity index (χ0v) is 20.2. The van der Waals surface area contributed by atoms with Gasteiger partial charge < -0.3 is 15.0 Å². The molecular formula is C22H28F2N4O5S. The van der Waals surface area contributed by atoms with Gasteiger partial charge in [0.05, 0.1) is 23.0 Å². The summed E-state index contributed by atoms with van der Waals surface area (Å²) in [6.45, 7) is 6.37. The van der Waals surface area contributed by atoms with E-state index >= 15 is 4.39 Å². The topological polar surface area (TPSA) is 111 Å². The highest BCUT2D eigenvalue weighted by Crippen LogP contribution is 2.39. The van der Waals surface area contributed by atoms with Crippen molar-refractivity contribution in [1.29, 1.82) is 0 Å². The summed E-state index contributed by atoms with van der Waals surface area (Å²) in [5.41, 5.74) is -0.439. The molecule has 9 nitrogen and oxygen atoms in total. The standard InChI is InChI=1S/C22H28F2N4O5S/c1-21(2,3)33-20(30)28-14-17(13-25-28)26-19(29)27-10-8-15(9-11-27)22(4,24)34(31,32)18-7-5-6-16(23)12-18/h5-7,12-15H,8-11H2,1-4H3,(H,26,29). The molecular weight excluding hydrogens is 470 g/mol. The van der Waals surface area contributed by atoms with E-state index in [0.717, 1.165) is 29.8 Å². The maximum Gasteiger partial charge on any atom is 0.435 e. The third-order valence-corrected chi connectivity index (χ3v) is 7.82. The maximum atomic E-state index is 15.6. The van der Waals surface area contributed by atoms with Crippen LogP contribution in [0.1, 0.15) is 40.5 Å². The molecule has 186 valence electrons. The number of ether oxygens (including phenoxy) is 1. The summed E-state index contributed by atoms with van der Waals surface area (Å²) in [7, 11) is -4.45. The number of aromatic nitrogens is 2. The summed E-state index contributed by atoms with van der Waals surface area (Å²) < 4.78 is 60.9. The third-order valence-electron chi connectivity index (χ3n) is 5.56. The Bertz CT molecular complexity index is 1170. The fraction of sp³-hybridized carbons (Fsp3) is 0.500. The Balaban J connectivity index is 1.60. The fourth-order valence-corrected chi connectivity index (χ4v) is 5.34. The van der Waals surface area contributed by atoms with E-state index in [-0.39, 0.29) is 31.6 Å². The smallest absolute Gasteiger partial charge is 0.435 e. The molecule has 3 rings (SSSR count). The molecule has 2 heterocycles. The minimum absolute atomic E-state index is 0.103. The van der Waals surface area contributed by atoms with Crippen molar-refractivity contribution >= 4 is 27.6 Å². The van der Waals surface area contributed by atoms with Gasteiger partial charge in [-0.1, -0.05) is 6.07 Å². The Labute approximate surface area is 197 Å². The van der Waals surface area contributed by atoms with Crippen LogP contribution < -0.4 is 5.32 Å². The van der Waals surface area contributed by atoms with Crippen molar-refractivity contribution in [3.63, 3.8) is 0 Å². The number of carbonyl (C=O) groups excluding carboxylic acids is 2. The van der Waals surface area contributed by atoms with Crippen LogP contribution in [-0.2, 0) is 14.6 Å². The molecule has 0 saturated carbocycles. The molecule has 0 spiro atoms. The average molecular weight is 499 g/mol. The highest BCUT2D eigenvalue weighted by Gasteiger charge is 2.48. The zero-order valence-electron chi connectivity index (χ0n) is 19.4. The van der Waals surface area contributed by atoms with Crippen LogP contribution in [0.5, 0.6) is 0 Å². The number of rotatable bonds is 4. The molecule has 1 aliphatic heterocycles. The quantitative estimate of drug-likeness (QED) is 0.676. The van der Waals surface area contributed by atoms with E-state index in [1.54, 1.807) is 20.8 Å². The van der Waals surface area contributed by atoms with Gasteiger partial charge in [0.25, 0.3) is 0 Å². The number of hydrogen-bond donors (Lipinski definition) is 1. The monoisotopic (exact) mass is 498 g/mol. The molecule has 1 aliphatic rings. The molecule has 2 aromatic rings. The maximum absolute atomic E-state index is 15.6. The van der Waals surface area contributed by atoms with Crippen molar-refractivity contribution < 1.29 is 31.5 Å². The van der Waals surface area contributed by atoms with E-state index in [9.17, 15) is 22.4 Å². The number of sulfone groups is 1. The van der Waals surface area contributed by atoms with Gasteiger partial charge in [0.15, 0.2) is 0 Å². The summed E-state index contributed by atoms with van der Waals surface area (Å²) >= 11 is 0. The molecule has 1 fully saturated rings. The summed E-state index contributed by atoms with van der Waals surface area (Å²) in [5, 5.41) is 3.85. The number of hydrogen-bond acceptors (Lipinski definition) is 6. The van der Waals surface area contributed by atoms with E-state index in [4.69, 9.17) is 4.74 Å².